The second-order valence-corrected chi connectivity index (χ2v) is 9.35. The summed E-state index contributed by atoms with van der Waals surface area (Å²) in [5.74, 6) is -1.62. The largest absolute Gasteiger partial charge is 0.325 e. The summed E-state index contributed by atoms with van der Waals surface area (Å²) < 4.78 is 13.6. The zero-order valence-electron chi connectivity index (χ0n) is 16.7. The van der Waals surface area contributed by atoms with Gasteiger partial charge in [-0.3, -0.25) is 14.6 Å². The van der Waals surface area contributed by atoms with Crippen molar-refractivity contribution in [1.82, 2.24) is 0 Å². The number of nitrogens with zero attached hydrogens (tertiary/aromatic N) is 1. The van der Waals surface area contributed by atoms with E-state index < -0.39 is 11.7 Å². The summed E-state index contributed by atoms with van der Waals surface area (Å²) in [6.07, 6.45) is 1.16. The monoisotopic (exact) mass is 410 g/mol. The molecule has 6 heteroatoms. The lowest BCUT2D eigenvalue weighted by Crippen LogP contribution is -2.40. The van der Waals surface area contributed by atoms with Gasteiger partial charge in [0.05, 0.1) is 5.92 Å². The topological polar surface area (TPSA) is 58.5 Å². The average molecular weight is 411 g/mol. The van der Waals surface area contributed by atoms with Gasteiger partial charge in [0.2, 0.25) is 5.91 Å². The summed E-state index contributed by atoms with van der Waals surface area (Å²) >= 11 is 1.54. The van der Waals surface area contributed by atoms with Crippen LogP contribution in [0.2, 0.25) is 0 Å². The van der Waals surface area contributed by atoms with Crippen LogP contribution >= 0.6 is 11.3 Å². The average Bonchev–Trinajstić information content (AvgIpc) is 3.13. The highest BCUT2D eigenvalue weighted by atomic mass is 32.1. The molecule has 2 atom stereocenters. The molecule has 150 valence electrons. The predicted octanol–water partition coefficient (Wildman–Crippen LogP) is 5.34. The first-order chi connectivity index (χ1) is 13.7. The van der Waals surface area contributed by atoms with Crippen LogP contribution in [-0.2, 0) is 9.59 Å². The van der Waals surface area contributed by atoms with E-state index in [1.54, 1.807) is 12.1 Å². The van der Waals surface area contributed by atoms with Crippen LogP contribution in [0, 0.1) is 17.2 Å². The summed E-state index contributed by atoms with van der Waals surface area (Å²) in [6.45, 7) is 5.98. The van der Waals surface area contributed by atoms with Crippen LogP contribution in [0.15, 0.2) is 57.4 Å². The number of hydrogen-bond acceptors (Lipinski definition) is 4. The highest BCUT2D eigenvalue weighted by Crippen LogP contribution is 2.48. The molecule has 1 aliphatic carbocycles. The summed E-state index contributed by atoms with van der Waals surface area (Å²) in [5.41, 5.74) is 3.34. The molecule has 0 fully saturated rings. The molecule has 2 aromatic rings. The molecule has 0 saturated heterocycles. The molecule has 1 aliphatic heterocycles. The summed E-state index contributed by atoms with van der Waals surface area (Å²) in [5, 5.41) is 6.75. The third-order valence-electron chi connectivity index (χ3n) is 5.58. The molecule has 0 bridgehead atoms. The van der Waals surface area contributed by atoms with Gasteiger partial charge in [-0.1, -0.05) is 19.9 Å². The molecule has 2 aliphatic rings. The van der Waals surface area contributed by atoms with Crippen molar-refractivity contribution in [2.75, 3.05) is 5.32 Å². The lowest BCUT2D eigenvalue weighted by atomic mass is 9.67. The third-order valence-corrected chi connectivity index (χ3v) is 6.28. The number of rotatable bonds is 3. The normalized spacial score (nSPS) is 23.4. The van der Waals surface area contributed by atoms with Crippen molar-refractivity contribution in [2.24, 2.45) is 16.3 Å². The maximum absolute atomic E-state index is 13.6. The number of carbonyl (C=O) groups is 2. The maximum atomic E-state index is 13.6. The minimum atomic E-state index is -0.614. The van der Waals surface area contributed by atoms with E-state index in [1.807, 2.05) is 23.8 Å². The molecule has 0 spiro atoms. The number of halogens is 1. The van der Waals surface area contributed by atoms with Crippen LogP contribution in [0.1, 0.15) is 45.1 Å². The number of amides is 1. The van der Waals surface area contributed by atoms with Crippen molar-refractivity contribution in [3.8, 4) is 0 Å². The molecular formula is C23H23FN2O2S. The second kappa shape index (κ2) is 7.34. The smallest absolute Gasteiger partial charge is 0.234 e. The Hall–Kier alpha value is -2.60. The number of hydrogen-bond donors (Lipinski definition) is 1. The number of anilines is 1. The lowest BCUT2D eigenvalue weighted by molar-refractivity contribution is -0.119. The number of ketones is 1. The Morgan fingerprint density at radius 1 is 1.28 bits per heavy atom. The molecule has 4 rings (SSSR count). The van der Waals surface area contributed by atoms with E-state index in [4.69, 9.17) is 4.99 Å². The first-order valence-corrected chi connectivity index (χ1v) is 10.6. The van der Waals surface area contributed by atoms with Crippen LogP contribution in [0.3, 0.4) is 0 Å². The van der Waals surface area contributed by atoms with E-state index in [9.17, 15) is 14.0 Å². The molecule has 2 heterocycles. The Morgan fingerprint density at radius 3 is 2.76 bits per heavy atom. The lowest BCUT2D eigenvalue weighted by Gasteiger charge is -2.39. The molecule has 4 nitrogen and oxygen atoms in total. The number of carbonyl (C=O) groups excluding carboxylic acids is 2. The Morgan fingerprint density at radius 2 is 2.07 bits per heavy atom. The van der Waals surface area contributed by atoms with Gasteiger partial charge in [-0.05, 0) is 59.3 Å². The van der Waals surface area contributed by atoms with Crippen LogP contribution in [0.4, 0.5) is 10.1 Å². The molecule has 0 radical (unpaired) electrons. The van der Waals surface area contributed by atoms with Crippen molar-refractivity contribution < 1.29 is 14.0 Å². The Balaban J connectivity index is 1.76. The van der Waals surface area contributed by atoms with Gasteiger partial charge in [0, 0.05) is 35.0 Å². The molecule has 1 aromatic carbocycles. The van der Waals surface area contributed by atoms with E-state index in [0.29, 0.717) is 29.8 Å². The van der Waals surface area contributed by atoms with E-state index >= 15 is 0 Å². The predicted molar refractivity (Wildman–Crippen MR) is 114 cm³/mol. The summed E-state index contributed by atoms with van der Waals surface area (Å²) in [6, 6.07) is 7.78. The summed E-state index contributed by atoms with van der Waals surface area (Å²) in [4.78, 5) is 31.1. The number of Topliss-reactive ketones (excluding diaryl/α,β-unsaturated/α-hetero) is 1. The van der Waals surface area contributed by atoms with Gasteiger partial charge < -0.3 is 5.32 Å². The van der Waals surface area contributed by atoms with Crippen molar-refractivity contribution in [3.05, 3.63) is 63.7 Å². The first kappa shape index (κ1) is 19.7. The van der Waals surface area contributed by atoms with Crippen LogP contribution in [-0.4, -0.2) is 17.4 Å². The third kappa shape index (κ3) is 3.81. The van der Waals surface area contributed by atoms with E-state index in [-0.39, 0.29) is 23.0 Å². The molecule has 1 amide bonds. The zero-order valence-corrected chi connectivity index (χ0v) is 17.5. The van der Waals surface area contributed by atoms with Gasteiger partial charge >= 0.3 is 0 Å². The number of thiophene rings is 1. The van der Waals surface area contributed by atoms with Gasteiger partial charge in [-0.25, -0.2) is 4.39 Å². The standard InChI is InChI=1S/C23H23FN2O2S/c1-13-19(22(28)26-16-6-4-5-15(24)9-16)20(14-7-8-29-12-14)21-17(25-13)10-23(2,3)11-18(21)27/h4-9,12,19-20H,10-11H2,1-3H3,(H,26,28)/t19?,20-/m1/s1. The zero-order chi connectivity index (χ0) is 20.8. The van der Waals surface area contributed by atoms with E-state index in [2.05, 4.69) is 19.2 Å². The van der Waals surface area contributed by atoms with Gasteiger partial charge in [-0.2, -0.15) is 11.3 Å². The SMILES string of the molecule is CC1=NC2=C(C(=O)CC(C)(C)C2)[C@H](c2ccsc2)C1C(=O)Nc1cccc(F)c1. The number of aliphatic imine (C=N–C) groups is 1. The Bertz CT molecular complexity index is 1040. The number of nitrogens with one attached hydrogen (secondary N) is 1. The fourth-order valence-corrected chi connectivity index (χ4v) is 5.08. The van der Waals surface area contributed by atoms with Crippen molar-refractivity contribution in [3.63, 3.8) is 0 Å². The van der Waals surface area contributed by atoms with Crippen LogP contribution in [0.25, 0.3) is 0 Å². The van der Waals surface area contributed by atoms with Crippen molar-refractivity contribution in [2.45, 2.75) is 39.5 Å². The fraction of sp³-hybridized carbons (Fsp3) is 0.348. The van der Waals surface area contributed by atoms with E-state index in [0.717, 1.165) is 11.3 Å². The fourth-order valence-electron chi connectivity index (χ4n) is 4.38. The van der Waals surface area contributed by atoms with E-state index in [1.165, 1.54) is 23.5 Å². The van der Waals surface area contributed by atoms with Gasteiger partial charge in [-0.15, -0.1) is 0 Å². The first-order valence-electron chi connectivity index (χ1n) is 9.65. The number of benzene rings is 1. The van der Waals surface area contributed by atoms with Crippen LogP contribution in [0.5, 0.6) is 0 Å². The van der Waals surface area contributed by atoms with Crippen LogP contribution < -0.4 is 5.32 Å². The Labute approximate surface area is 173 Å². The minimum Gasteiger partial charge on any atom is -0.325 e. The maximum Gasteiger partial charge on any atom is 0.234 e. The highest BCUT2D eigenvalue weighted by Gasteiger charge is 2.45. The van der Waals surface area contributed by atoms with Gasteiger partial charge in [0.15, 0.2) is 5.78 Å². The van der Waals surface area contributed by atoms with Gasteiger partial charge in [0.1, 0.15) is 5.82 Å². The Kier molecular flexibility index (Phi) is 4.99. The molecule has 1 aromatic heterocycles. The molecule has 1 unspecified atom stereocenters. The molecule has 0 saturated carbocycles. The molecular weight excluding hydrogens is 387 g/mol. The van der Waals surface area contributed by atoms with Crippen molar-refractivity contribution >= 4 is 34.4 Å². The highest BCUT2D eigenvalue weighted by molar-refractivity contribution is 7.08. The molecule has 1 N–H and O–H groups in total. The second-order valence-electron chi connectivity index (χ2n) is 8.57. The van der Waals surface area contributed by atoms with Crippen molar-refractivity contribution in [1.29, 1.82) is 0 Å². The molecule has 29 heavy (non-hydrogen) atoms. The quantitative estimate of drug-likeness (QED) is 0.742. The van der Waals surface area contributed by atoms with Gasteiger partial charge in [0.25, 0.3) is 0 Å². The summed E-state index contributed by atoms with van der Waals surface area (Å²) in [7, 11) is 0. The minimum absolute atomic E-state index is 0.0623. The number of allylic oxidation sites excluding steroid dienone is 2.